The van der Waals surface area contributed by atoms with Crippen molar-refractivity contribution in [2.75, 3.05) is 7.11 Å². The maximum Gasteiger partial charge on any atom is 0.448 e. The molecule has 0 fully saturated rings. The standard InChI is InChI=1S/C15H16F3NOS.C2H6/c1-14(2,3)9-5-6-11-10(7-9)19-13(21-11)8-12(20-4)15(16,17)18;1-2/h5-8H,1-4H3;1-2H3/b12-8-;. The Kier molecular flexibility index (Phi) is 6.22. The number of hydrogen-bond acceptors (Lipinski definition) is 3. The molecule has 0 spiro atoms. The van der Waals surface area contributed by atoms with E-state index in [-0.39, 0.29) is 10.4 Å². The predicted molar refractivity (Wildman–Crippen MR) is 90.7 cm³/mol. The van der Waals surface area contributed by atoms with Gasteiger partial charge in [-0.15, -0.1) is 11.3 Å². The number of fused-ring (bicyclic) bond motifs is 1. The zero-order valence-electron chi connectivity index (χ0n) is 14.2. The van der Waals surface area contributed by atoms with Crippen molar-refractivity contribution >= 4 is 27.6 Å². The quantitative estimate of drug-likeness (QED) is 0.607. The molecule has 0 aliphatic carbocycles. The maximum atomic E-state index is 12.7. The molecule has 0 unspecified atom stereocenters. The molecule has 2 aromatic rings. The molecule has 0 radical (unpaired) electrons. The van der Waals surface area contributed by atoms with Crippen molar-refractivity contribution in [3.8, 4) is 0 Å². The number of rotatable bonds is 2. The summed E-state index contributed by atoms with van der Waals surface area (Å²) in [6.45, 7) is 10.2. The Hall–Kier alpha value is -1.56. The first-order valence-electron chi connectivity index (χ1n) is 7.35. The molecule has 0 N–H and O–H groups in total. The van der Waals surface area contributed by atoms with E-state index in [0.717, 1.165) is 23.4 Å². The van der Waals surface area contributed by atoms with E-state index in [2.05, 4.69) is 30.5 Å². The van der Waals surface area contributed by atoms with Crippen LogP contribution in [0.15, 0.2) is 24.0 Å². The van der Waals surface area contributed by atoms with Crippen LogP contribution in [0.2, 0.25) is 0 Å². The summed E-state index contributed by atoms with van der Waals surface area (Å²) >= 11 is 1.21. The third-order valence-corrected chi connectivity index (χ3v) is 4.01. The zero-order valence-corrected chi connectivity index (χ0v) is 15.0. The molecule has 2 nitrogen and oxygen atoms in total. The number of hydrogen-bond donors (Lipinski definition) is 0. The average Bonchev–Trinajstić information content (AvgIpc) is 2.86. The minimum Gasteiger partial charge on any atom is -0.492 e. The Balaban J connectivity index is 0.00000127. The molecule has 0 saturated heterocycles. The number of benzene rings is 1. The number of thiazole rings is 1. The summed E-state index contributed by atoms with van der Waals surface area (Å²) in [5.41, 5.74) is 1.77. The smallest absolute Gasteiger partial charge is 0.448 e. The SMILES string of the molecule is CC.CO/C(=C\c1nc2cc(C(C)(C)C)ccc2s1)C(F)(F)F. The van der Waals surface area contributed by atoms with Crippen LogP contribution in [0, 0.1) is 0 Å². The summed E-state index contributed by atoms with van der Waals surface area (Å²) in [5, 5.41) is 0.283. The molecule has 6 heteroatoms. The lowest BCUT2D eigenvalue weighted by Crippen LogP contribution is -2.13. The molecule has 23 heavy (non-hydrogen) atoms. The molecule has 0 saturated carbocycles. The van der Waals surface area contributed by atoms with E-state index < -0.39 is 11.9 Å². The fraction of sp³-hybridized carbons (Fsp3) is 0.471. The Bertz CT molecular complexity index is 681. The molecule has 0 aliphatic heterocycles. The molecule has 128 valence electrons. The van der Waals surface area contributed by atoms with Crippen LogP contribution >= 0.6 is 11.3 Å². The lowest BCUT2D eigenvalue weighted by Gasteiger charge is -2.18. The largest absolute Gasteiger partial charge is 0.492 e. The minimum atomic E-state index is -4.51. The average molecular weight is 345 g/mol. The van der Waals surface area contributed by atoms with Crippen molar-refractivity contribution in [3.05, 3.63) is 34.5 Å². The van der Waals surface area contributed by atoms with Crippen molar-refractivity contribution < 1.29 is 17.9 Å². The topological polar surface area (TPSA) is 22.1 Å². The maximum absolute atomic E-state index is 12.7. The minimum absolute atomic E-state index is 0.0303. The van der Waals surface area contributed by atoms with Gasteiger partial charge in [-0.2, -0.15) is 13.2 Å². The van der Waals surface area contributed by atoms with Gasteiger partial charge in [0, 0.05) is 6.08 Å². The highest BCUT2D eigenvalue weighted by molar-refractivity contribution is 7.19. The second-order valence-corrected chi connectivity index (χ2v) is 6.76. The van der Waals surface area contributed by atoms with Gasteiger partial charge in [-0.25, -0.2) is 4.98 Å². The zero-order chi connectivity index (χ0) is 17.8. The number of alkyl halides is 3. The van der Waals surface area contributed by atoms with Gasteiger partial charge in [0.2, 0.25) is 5.76 Å². The van der Waals surface area contributed by atoms with Gasteiger partial charge in [-0.1, -0.05) is 40.7 Å². The predicted octanol–water partition coefficient (Wildman–Crippen LogP) is 6.17. The molecule has 1 aromatic carbocycles. The number of halogens is 3. The van der Waals surface area contributed by atoms with E-state index in [0.29, 0.717) is 5.52 Å². The number of methoxy groups -OCH3 is 1. The number of aromatic nitrogens is 1. The third-order valence-electron chi connectivity index (χ3n) is 3.02. The molecular weight excluding hydrogens is 323 g/mol. The van der Waals surface area contributed by atoms with E-state index in [1.807, 2.05) is 32.0 Å². The van der Waals surface area contributed by atoms with E-state index in [1.54, 1.807) is 0 Å². The Morgan fingerprint density at radius 2 is 1.78 bits per heavy atom. The first-order valence-corrected chi connectivity index (χ1v) is 8.17. The highest BCUT2D eigenvalue weighted by atomic mass is 32.1. The lowest BCUT2D eigenvalue weighted by atomic mass is 9.87. The van der Waals surface area contributed by atoms with Crippen LogP contribution in [-0.2, 0) is 10.2 Å². The fourth-order valence-corrected chi connectivity index (χ4v) is 2.72. The van der Waals surface area contributed by atoms with E-state index in [4.69, 9.17) is 0 Å². The second kappa shape index (κ2) is 7.34. The van der Waals surface area contributed by atoms with Gasteiger partial charge >= 0.3 is 6.18 Å². The van der Waals surface area contributed by atoms with Crippen molar-refractivity contribution in [3.63, 3.8) is 0 Å². The summed E-state index contributed by atoms with van der Waals surface area (Å²) in [6, 6.07) is 5.79. The molecule has 2 rings (SSSR count). The molecule has 0 amide bonds. The van der Waals surface area contributed by atoms with Gasteiger partial charge in [-0.3, -0.25) is 0 Å². The van der Waals surface area contributed by atoms with E-state index >= 15 is 0 Å². The number of nitrogens with zero attached hydrogens (tertiary/aromatic N) is 1. The highest BCUT2D eigenvalue weighted by Gasteiger charge is 2.35. The van der Waals surface area contributed by atoms with Crippen molar-refractivity contribution in [1.82, 2.24) is 4.98 Å². The summed E-state index contributed by atoms with van der Waals surface area (Å²) in [4.78, 5) is 4.25. The van der Waals surface area contributed by atoms with E-state index in [9.17, 15) is 13.2 Å². The van der Waals surface area contributed by atoms with E-state index in [1.165, 1.54) is 11.3 Å². The van der Waals surface area contributed by atoms with Crippen LogP contribution in [0.5, 0.6) is 0 Å². The van der Waals surface area contributed by atoms with Crippen LogP contribution in [-0.4, -0.2) is 18.3 Å². The van der Waals surface area contributed by atoms with Crippen LogP contribution in [0.25, 0.3) is 16.3 Å². The second-order valence-electron chi connectivity index (χ2n) is 5.70. The Labute approximate surface area is 139 Å². The van der Waals surface area contributed by atoms with Crippen molar-refractivity contribution in [2.24, 2.45) is 0 Å². The summed E-state index contributed by atoms with van der Waals surface area (Å²) in [5.74, 6) is -1.04. The van der Waals surface area contributed by atoms with Gasteiger partial charge in [-0.05, 0) is 23.1 Å². The van der Waals surface area contributed by atoms with Gasteiger partial charge < -0.3 is 4.74 Å². The third kappa shape index (κ3) is 4.96. The molecule has 0 atom stereocenters. The fourth-order valence-electron chi connectivity index (χ4n) is 1.84. The van der Waals surface area contributed by atoms with Gasteiger partial charge in [0.1, 0.15) is 5.01 Å². The van der Waals surface area contributed by atoms with Gasteiger partial charge in [0.15, 0.2) is 0 Å². The monoisotopic (exact) mass is 345 g/mol. The molecule has 1 aromatic heterocycles. The first-order chi connectivity index (χ1) is 10.6. The van der Waals surface area contributed by atoms with Crippen LogP contribution < -0.4 is 0 Å². The molecular formula is C17H22F3NOS. The van der Waals surface area contributed by atoms with Crippen molar-refractivity contribution in [2.45, 2.75) is 46.2 Å². The van der Waals surface area contributed by atoms with Crippen LogP contribution in [0.3, 0.4) is 0 Å². The van der Waals surface area contributed by atoms with Gasteiger partial charge in [0.25, 0.3) is 0 Å². The first kappa shape index (κ1) is 19.5. The van der Waals surface area contributed by atoms with Crippen LogP contribution in [0.1, 0.15) is 45.2 Å². The lowest BCUT2D eigenvalue weighted by molar-refractivity contribution is -0.124. The highest BCUT2D eigenvalue weighted by Crippen LogP contribution is 2.32. The normalized spacial score (nSPS) is 12.8. The Morgan fingerprint density at radius 3 is 2.26 bits per heavy atom. The molecule has 0 aliphatic rings. The van der Waals surface area contributed by atoms with Gasteiger partial charge in [0.05, 0.1) is 17.3 Å². The van der Waals surface area contributed by atoms with Crippen molar-refractivity contribution in [1.29, 1.82) is 0 Å². The summed E-state index contributed by atoms with van der Waals surface area (Å²) < 4.78 is 43.2. The summed E-state index contributed by atoms with van der Waals surface area (Å²) in [6.07, 6.45) is -3.58. The van der Waals surface area contributed by atoms with Crippen LogP contribution in [0.4, 0.5) is 13.2 Å². The molecule has 1 heterocycles. The number of allylic oxidation sites excluding steroid dienone is 1. The molecule has 0 bridgehead atoms. The Morgan fingerprint density at radius 1 is 1.17 bits per heavy atom. The summed E-state index contributed by atoms with van der Waals surface area (Å²) in [7, 11) is 1.00. The number of ether oxygens (including phenoxy) is 1.